The van der Waals surface area contributed by atoms with Crippen molar-refractivity contribution < 1.29 is 35.1 Å². The maximum atomic E-state index is 11.7. The van der Waals surface area contributed by atoms with Crippen LogP contribution in [0.15, 0.2) is 35.5 Å². The van der Waals surface area contributed by atoms with E-state index in [1.807, 2.05) is 13.8 Å². The average molecular weight is 517 g/mol. The first-order valence-corrected chi connectivity index (χ1v) is 13.6. The van der Waals surface area contributed by atoms with Gasteiger partial charge in [0.1, 0.15) is 0 Å². The average Bonchev–Trinajstić information content (AvgIpc) is 3.40. The summed E-state index contributed by atoms with van der Waals surface area (Å²) in [6.07, 6.45) is 6.03. The fraction of sp³-hybridized carbons (Fsp3) is 0.733. The highest BCUT2D eigenvalue weighted by molar-refractivity contribution is 5.85. The summed E-state index contributed by atoms with van der Waals surface area (Å²) in [4.78, 5) is 22.8. The van der Waals surface area contributed by atoms with Crippen molar-refractivity contribution in [3.8, 4) is 0 Å². The van der Waals surface area contributed by atoms with Crippen molar-refractivity contribution in [2.75, 3.05) is 0 Å². The van der Waals surface area contributed by atoms with Crippen LogP contribution in [-0.2, 0) is 9.59 Å². The molecule has 1 unspecified atom stereocenters. The molecule has 9 atom stereocenters. The molecule has 0 heterocycles. The van der Waals surface area contributed by atoms with Crippen LogP contribution >= 0.6 is 0 Å². The van der Waals surface area contributed by atoms with Crippen LogP contribution in [0.4, 0.5) is 0 Å². The highest BCUT2D eigenvalue weighted by atomic mass is 16.4. The van der Waals surface area contributed by atoms with E-state index in [1.165, 1.54) is 6.92 Å². The number of aliphatic hydroxyl groups excluding tert-OH is 2. The summed E-state index contributed by atoms with van der Waals surface area (Å²) in [6, 6.07) is 0. The largest absolute Gasteiger partial charge is 0.481 e. The second kappa shape index (κ2) is 8.78. The lowest BCUT2D eigenvalue weighted by atomic mass is 9.42. The maximum absolute atomic E-state index is 11.7. The Morgan fingerprint density at radius 3 is 2.41 bits per heavy atom. The summed E-state index contributed by atoms with van der Waals surface area (Å²) in [5, 5.41) is 53.6. The molecule has 0 aromatic heterocycles. The van der Waals surface area contributed by atoms with Gasteiger partial charge in [0, 0.05) is 23.3 Å². The van der Waals surface area contributed by atoms with E-state index in [9.17, 15) is 30.0 Å². The maximum Gasteiger partial charge on any atom is 0.330 e. The Bertz CT molecular complexity index is 1070. The van der Waals surface area contributed by atoms with E-state index >= 15 is 0 Å². The summed E-state index contributed by atoms with van der Waals surface area (Å²) in [7, 11) is 0. The van der Waals surface area contributed by atoms with Gasteiger partial charge in [0.25, 0.3) is 0 Å². The molecule has 0 radical (unpaired) electrons. The van der Waals surface area contributed by atoms with Gasteiger partial charge in [0.2, 0.25) is 0 Å². The molecule has 4 aliphatic carbocycles. The molecule has 7 nitrogen and oxygen atoms in total. The Labute approximate surface area is 220 Å². The Morgan fingerprint density at radius 2 is 1.84 bits per heavy atom. The molecule has 0 amide bonds. The summed E-state index contributed by atoms with van der Waals surface area (Å²) >= 11 is 0. The quantitative estimate of drug-likeness (QED) is 0.225. The molecule has 4 rings (SSSR count). The third kappa shape index (κ3) is 3.79. The molecule has 3 fully saturated rings. The zero-order valence-corrected chi connectivity index (χ0v) is 22.9. The lowest BCUT2D eigenvalue weighted by molar-refractivity contribution is -0.185. The van der Waals surface area contributed by atoms with E-state index in [-0.39, 0.29) is 34.7 Å². The molecule has 7 heteroatoms. The van der Waals surface area contributed by atoms with Gasteiger partial charge in [-0.2, -0.15) is 0 Å². The van der Waals surface area contributed by atoms with Crippen molar-refractivity contribution >= 4 is 11.9 Å². The van der Waals surface area contributed by atoms with E-state index in [2.05, 4.69) is 13.5 Å². The van der Waals surface area contributed by atoms with Gasteiger partial charge in [0.05, 0.1) is 17.8 Å². The smallest absolute Gasteiger partial charge is 0.330 e. The number of carboxylic acids is 2. The van der Waals surface area contributed by atoms with Gasteiger partial charge in [-0.1, -0.05) is 38.2 Å². The highest BCUT2D eigenvalue weighted by Crippen LogP contribution is 2.86. The summed E-state index contributed by atoms with van der Waals surface area (Å²) in [5.41, 5.74) is -1.09. The van der Waals surface area contributed by atoms with Crippen LogP contribution in [0.1, 0.15) is 86.0 Å². The minimum absolute atomic E-state index is 0.0457. The zero-order valence-electron chi connectivity index (χ0n) is 22.9. The second-order valence-corrected chi connectivity index (χ2v) is 13.2. The molecule has 3 saturated carbocycles. The predicted molar refractivity (Wildman–Crippen MR) is 140 cm³/mol. The number of hydrogen-bond acceptors (Lipinski definition) is 5. The Morgan fingerprint density at radius 1 is 1.19 bits per heavy atom. The first kappa shape index (κ1) is 28.1. The number of carboxylic acid groups (broad SMARTS) is 2. The fourth-order valence-electron chi connectivity index (χ4n) is 9.46. The van der Waals surface area contributed by atoms with Gasteiger partial charge in [-0.3, -0.25) is 4.79 Å². The first-order valence-electron chi connectivity index (χ1n) is 13.6. The summed E-state index contributed by atoms with van der Waals surface area (Å²) in [5.74, 6) is -2.00. The lowest BCUT2D eigenvalue weighted by Crippen LogP contribution is -2.62. The molecule has 4 aliphatic rings. The molecule has 206 valence electrons. The van der Waals surface area contributed by atoms with Crippen LogP contribution in [0.5, 0.6) is 0 Å². The van der Waals surface area contributed by atoms with Gasteiger partial charge in [-0.25, -0.2) is 4.79 Å². The van der Waals surface area contributed by atoms with Gasteiger partial charge < -0.3 is 25.5 Å². The number of rotatable bonds is 9. The molecular formula is C30H44O7. The first-order chi connectivity index (χ1) is 17.0. The van der Waals surface area contributed by atoms with Crippen LogP contribution in [0, 0.1) is 33.5 Å². The van der Waals surface area contributed by atoms with E-state index in [0.29, 0.717) is 32.1 Å². The van der Waals surface area contributed by atoms with Crippen molar-refractivity contribution in [2.24, 2.45) is 33.5 Å². The summed E-state index contributed by atoms with van der Waals surface area (Å²) in [6.45, 7) is 13.6. The van der Waals surface area contributed by atoms with Crippen LogP contribution < -0.4 is 0 Å². The molecule has 1 spiro atoms. The van der Waals surface area contributed by atoms with Crippen molar-refractivity contribution in [3.63, 3.8) is 0 Å². The van der Waals surface area contributed by atoms with E-state index in [0.717, 1.165) is 24.0 Å². The normalized spacial score (nSPS) is 44.1. The van der Waals surface area contributed by atoms with Gasteiger partial charge in [-0.05, 0) is 93.5 Å². The lowest BCUT2D eigenvalue weighted by Gasteiger charge is -2.62. The molecular weight excluding hydrogens is 472 g/mol. The molecule has 5 N–H and O–H groups in total. The van der Waals surface area contributed by atoms with Crippen LogP contribution in [0.25, 0.3) is 0 Å². The summed E-state index contributed by atoms with van der Waals surface area (Å²) < 4.78 is 0. The highest BCUT2D eigenvalue weighted by Gasteiger charge is 2.82. The fourth-order valence-corrected chi connectivity index (χ4v) is 9.46. The SMILES string of the molecule is C=C(C)[C@@H]1CC(O)[C@@H]2[C@]3(CC[C@]4(C)C([C@@](C)(O)CC/C=C(/C)C(=O)O)=C[C@H](O)[C@@]24C)C[C@]13CCC(=O)O. The third-order valence-electron chi connectivity index (χ3n) is 11.4. The van der Waals surface area contributed by atoms with E-state index in [4.69, 9.17) is 5.11 Å². The predicted octanol–water partition coefficient (Wildman–Crippen LogP) is 4.47. The number of allylic oxidation sites excluding steroid dienone is 2. The van der Waals surface area contributed by atoms with Gasteiger partial charge in [-0.15, -0.1) is 0 Å². The van der Waals surface area contributed by atoms with Crippen molar-refractivity contribution in [2.45, 2.75) is 104 Å². The molecule has 0 aromatic rings. The minimum atomic E-state index is -1.25. The van der Waals surface area contributed by atoms with Crippen LogP contribution in [0.3, 0.4) is 0 Å². The van der Waals surface area contributed by atoms with Gasteiger partial charge >= 0.3 is 11.9 Å². The Hall–Kier alpha value is -1.96. The molecule has 0 saturated heterocycles. The van der Waals surface area contributed by atoms with Crippen molar-refractivity contribution in [3.05, 3.63) is 35.5 Å². The monoisotopic (exact) mass is 516 g/mol. The van der Waals surface area contributed by atoms with Crippen molar-refractivity contribution in [1.29, 1.82) is 0 Å². The zero-order chi connectivity index (χ0) is 27.8. The number of hydrogen-bond donors (Lipinski definition) is 5. The molecule has 0 aromatic carbocycles. The third-order valence-corrected chi connectivity index (χ3v) is 11.4. The second-order valence-electron chi connectivity index (χ2n) is 13.2. The Kier molecular flexibility index (Phi) is 6.66. The number of fused-ring (bicyclic) bond motifs is 2. The molecule has 37 heavy (non-hydrogen) atoms. The van der Waals surface area contributed by atoms with E-state index in [1.54, 1.807) is 19.1 Å². The number of carbonyl (C=O) groups is 2. The molecule has 0 aliphatic heterocycles. The topological polar surface area (TPSA) is 135 Å². The van der Waals surface area contributed by atoms with Crippen LogP contribution in [0.2, 0.25) is 0 Å². The Balaban J connectivity index is 1.70. The van der Waals surface area contributed by atoms with Gasteiger partial charge in [0.15, 0.2) is 0 Å². The minimum Gasteiger partial charge on any atom is -0.481 e. The standard InChI is InChI=1S/C30H44O7/c1-17(2)19-14-20(31)24-28(6)22(32)15-21(27(5,37)10-7-8-18(3)25(35)36)26(28,4)12-13-30(24)16-29(19,30)11-9-23(33)34/h8,15,19-20,22,24,31-32,37H,1,7,9-14,16H2,2-6H3,(H,33,34)(H,35,36)/b18-8-/t19-,20?,22-,24-,26+,27-,28-,29+,30-/m0/s1. The number of aliphatic hydroxyl groups is 3. The van der Waals surface area contributed by atoms with Crippen molar-refractivity contribution in [1.82, 2.24) is 0 Å². The van der Waals surface area contributed by atoms with E-state index < -0.39 is 40.6 Å². The van der Waals surface area contributed by atoms with Crippen LogP contribution in [-0.4, -0.2) is 55.3 Å². The number of aliphatic carboxylic acids is 2. The molecule has 0 bridgehead atoms.